The molecule has 90 valence electrons. The second-order valence-electron chi connectivity index (χ2n) is 4.25. The van der Waals surface area contributed by atoms with Gasteiger partial charge in [-0.1, -0.05) is 13.8 Å². The summed E-state index contributed by atoms with van der Waals surface area (Å²) in [6.45, 7) is 6.47. The van der Waals surface area contributed by atoms with E-state index in [0.29, 0.717) is 0 Å². The highest BCUT2D eigenvalue weighted by molar-refractivity contribution is 7.99. The molecular formula is C12H21N3S. The first kappa shape index (κ1) is 13.5. The van der Waals surface area contributed by atoms with E-state index in [9.17, 15) is 0 Å². The van der Waals surface area contributed by atoms with Crippen LogP contribution in [0.5, 0.6) is 0 Å². The van der Waals surface area contributed by atoms with Gasteiger partial charge < -0.3 is 5.32 Å². The Bertz CT molecular complexity index is 264. The molecular weight excluding hydrogens is 218 g/mol. The lowest BCUT2D eigenvalue weighted by Crippen LogP contribution is -2.15. The van der Waals surface area contributed by atoms with Crippen LogP contribution < -0.4 is 5.32 Å². The molecule has 0 aliphatic rings. The van der Waals surface area contributed by atoms with E-state index in [2.05, 4.69) is 29.1 Å². The van der Waals surface area contributed by atoms with Gasteiger partial charge in [0.2, 0.25) is 0 Å². The molecule has 0 bridgehead atoms. The van der Waals surface area contributed by atoms with Crippen molar-refractivity contribution < 1.29 is 0 Å². The monoisotopic (exact) mass is 239 g/mol. The fourth-order valence-electron chi connectivity index (χ4n) is 1.27. The highest BCUT2D eigenvalue weighted by Crippen LogP contribution is 2.07. The van der Waals surface area contributed by atoms with Crippen LogP contribution in [-0.2, 0) is 6.54 Å². The summed E-state index contributed by atoms with van der Waals surface area (Å²) in [7, 11) is 0. The van der Waals surface area contributed by atoms with Crippen molar-refractivity contribution in [2.75, 3.05) is 18.1 Å². The minimum Gasteiger partial charge on any atom is -0.313 e. The van der Waals surface area contributed by atoms with Crippen molar-refractivity contribution in [2.24, 2.45) is 5.92 Å². The average molecular weight is 239 g/mol. The van der Waals surface area contributed by atoms with Crippen LogP contribution in [0.15, 0.2) is 18.7 Å². The van der Waals surface area contributed by atoms with E-state index >= 15 is 0 Å². The molecule has 1 aromatic rings. The van der Waals surface area contributed by atoms with E-state index in [1.165, 1.54) is 17.9 Å². The van der Waals surface area contributed by atoms with Gasteiger partial charge in [0.05, 0.1) is 0 Å². The molecule has 16 heavy (non-hydrogen) atoms. The summed E-state index contributed by atoms with van der Waals surface area (Å²) < 4.78 is 0. The van der Waals surface area contributed by atoms with Gasteiger partial charge >= 0.3 is 0 Å². The summed E-state index contributed by atoms with van der Waals surface area (Å²) in [5.41, 5.74) is 1.15. The highest BCUT2D eigenvalue weighted by atomic mass is 32.2. The van der Waals surface area contributed by atoms with Crippen molar-refractivity contribution in [3.8, 4) is 0 Å². The molecule has 0 aliphatic carbocycles. The second kappa shape index (κ2) is 8.53. The molecule has 3 nitrogen and oxygen atoms in total. The Balaban J connectivity index is 1.93. The first-order valence-electron chi connectivity index (χ1n) is 5.81. The van der Waals surface area contributed by atoms with E-state index < -0.39 is 0 Å². The van der Waals surface area contributed by atoms with Crippen LogP contribution in [0, 0.1) is 5.92 Å². The molecule has 0 radical (unpaired) electrons. The van der Waals surface area contributed by atoms with Gasteiger partial charge in [-0.3, -0.25) is 0 Å². The number of hydrogen-bond donors (Lipinski definition) is 1. The zero-order valence-electron chi connectivity index (χ0n) is 10.1. The topological polar surface area (TPSA) is 37.8 Å². The van der Waals surface area contributed by atoms with Crippen molar-refractivity contribution in [1.29, 1.82) is 0 Å². The Morgan fingerprint density at radius 2 is 2.06 bits per heavy atom. The predicted octanol–water partition coefficient (Wildman–Crippen LogP) is 2.35. The van der Waals surface area contributed by atoms with Crippen molar-refractivity contribution in [1.82, 2.24) is 15.3 Å². The van der Waals surface area contributed by atoms with Crippen LogP contribution in [0.1, 0.15) is 25.8 Å². The van der Waals surface area contributed by atoms with E-state index in [1.54, 1.807) is 6.33 Å². The van der Waals surface area contributed by atoms with Crippen LogP contribution in [0.2, 0.25) is 0 Å². The van der Waals surface area contributed by atoms with Gasteiger partial charge in [0.15, 0.2) is 0 Å². The number of nitrogens with zero attached hydrogens (tertiary/aromatic N) is 2. The molecule has 4 heteroatoms. The second-order valence-corrected chi connectivity index (χ2v) is 5.40. The van der Waals surface area contributed by atoms with Crippen molar-refractivity contribution in [2.45, 2.75) is 26.8 Å². The lowest BCUT2D eigenvalue weighted by molar-refractivity contribution is 0.674. The van der Waals surface area contributed by atoms with Crippen LogP contribution >= 0.6 is 11.8 Å². The molecule has 0 fully saturated rings. The maximum absolute atomic E-state index is 3.98. The summed E-state index contributed by atoms with van der Waals surface area (Å²) in [6, 6.07) is 0. The van der Waals surface area contributed by atoms with Crippen LogP contribution in [0.3, 0.4) is 0 Å². The van der Waals surface area contributed by atoms with Gasteiger partial charge in [-0.25, -0.2) is 9.97 Å². The Morgan fingerprint density at radius 3 is 2.75 bits per heavy atom. The first-order valence-corrected chi connectivity index (χ1v) is 6.97. The summed E-state index contributed by atoms with van der Waals surface area (Å²) in [4.78, 5) is 7.95. The predicted molar refractivity (Wildman–Crippen MR) is 70.5 cm³/mol. The van der Waals surface area contributed by atoms with Gasteiger partial charge in [-0.15, -0.1) is 0 Å². The SMILES string of the molecule is CC(C)CSCCCNCc1cncnc1. The average Bonchev–Trinajstić information content (AvgIpc) is 2.29. The Kier molecular flexibility index (Phi) is 7.17. The number of hydrogen-bond acceptors (Lipinski definition) is 4. The third kappa shape index (κ3) is 6.80. The zero-order chi connectivity index (χ0) is 11.6. The molecule has 0 aliphatic heterocycles. The summed E-state index contributed by atoms with van der Waals surface area (Å²) in [5, 5.41) is 3.40. The van der Waals surface area contributed by atoms with Gasteiger partial charge in [0.25, 0.3) is 0 Å². The fourth-order valence-corrected chi connectivity index (χ4v) is 2.26. The summed E-state index contributed by atoms with van der Waals surface area (Å²) in [6.07, 6.45) is 6.50. The smallest absolute Gasteiger partial charge is 0.115 e. The molecule has 0 amide bonds. The molecule has 1 heterocycles. The third-order valence-electron chi connectivity index (χ3n) is 2.04. The van der Waals surface area contributed by atoms with E-state index in [4.69, 9.17) is 0 Å². The molecule has 1 rings (SSSR count). The van der Waals surface area contributed by atoms with E-state index in [0.717, 1.165) is 24.6 Å². The minimum absolute atomic E-state index is 0.805. The third-order valence-corrected chi connectivity index (χ3v) is 3.52. The summed E-state index contributed by atoms with van der Waals surface area (Å²) in [5.74, 6) is 3.32. The Hall–Kier alpha value is -0.610. The molecule has 1 N–H and O–H groups in total. The normalized spacial score (nSPS) is 10.9. The Morgan fingerprint density at radius 1 is 1.31 bits per heavy atom. The van der Waals surface area contributed by atoms with Crippen LogP contribution in [0.25, 0.3) is 0 Å². The summed E-state index contributed by atoms with van der Waals surface area (Å²) >= 11 is 2.04. The molecule has 0 atom stereocenters. The molecule has 1 aromatic heterocycles. The lowest BCUT2D eigenvalue weighted by Gasteiger charge is -2.05. The van der Waals surface area contributed by atoms with E-state index in [-0.39, 0.29) is 0 Å². The van der Waals surface area contributed by atoms with Crippen molar-refractivity contribution in [3.05, 3.63) is 24.3 Å². The van der Waals surface area contributed by atoms with Gasteiger partial charge in [0.1, 0.15) is 6.33 Å². The van der Waals surface area contributed by atoms with Crippen LogP contribution in [-0.4, -0.2) is 28.0 Å². The minimum atomic E-state index is 0.805. The number of rotatable bonds is 8. The van der Waals surface area contributed by atoms with Gasteiger partial charge in [-0.05, 0) is 30.4 Å². The van der Waals surface area contributed by atoms with E-state index in [1.807, 2.05) is 24.2 Å². The first-order chi connectivity index (χ1) is 7.79. The quantitative estimate of drug-likeness (QED) is 0.707. The molecule has 0 saturated heterocycles. The van der Waals surface area contributed by atoms with Gasteiger partial charge in [0, 0.05) is 24.5 Å². The standard InChI is InChI=1S/C12H21N3S/c1-11(2)9-16-5-3-4-13-6-12-7-14-10-15-8-12/h7-8,10-11,13H,3-6,9H2,1-2H3. The highest BCUT2D eigenvalue weighted by Gasteiger charge is 1.95. The molecule has 0 aromatic carbocycles. The fraction of sp³-hybridized carbons (Fsp3) is 0.667. The molecule has 0 spiro atoms. The lowest BCUT2D eigenvalue weighted by atomic mass is 10.3. The number of aromatic nitrogens is 2. The number of thioether (sulfide) groups is 1. The molecule has 0 unspecified atom stereocenters. The van der Waals surface area contributed by atoms with Crippen LogP contribution in [0.4, 0.5) is 0 Å². The largest absolute Gasteiger partial charge is 0.313 e. The Labute approximate surface area is 102 Å². The van der Waals surface area contributed by atoms with Crippen molar-refractivity contribution >= 4 is 11.8 Å². The maximum Gasteiger partial charge on any atom is 0.115 e. The zero-order valence-corrected chi connectivity index (χ0v) is 11.0. The molecule has 0 saturated carbocycles. The van der Waals surface area contributed by atoms with Crippen molar-refractivity contribution in [3.63, 3.8) is 0 Å². The maximum atomic E-state index is 3.98. The number of nitrogens with one attached hydrogen (secondary N) is 1. The van der Waals surface area contributed by atoms with Gasteiger partial charge in [-0.2, -0.15) is 11.8 Å².